The van der Waals surface area contributed by atoms with Gasteiger partial charge in [0.15, 0.2) is 5.69 Å². The highest BCUT2D eigenvalue weighted by Crippen LogP contribution is 2.20. The van der Waals surface area contributed by atoms with E-state index in [2.05, 4.69) is 9.72 Å². The van der Waals surface area contributed by atoms with E-state index in [0.717, 1.165) is 16.6 Å². The minimum absolute atomic E-state index is 0.310. The Balaban J connectivity index is 2.55. The molecule has 90 valence electrons. The number of esters is 1. The van der Waals surface area contributed by atoms with Crippen molar-refractivity contribution in [1.29, 1.82) is 0 Å². The van der Waals surface area contributed by atoms with Crippen LogP contribution in [-0.2, 0) is 23.1 Å². The van der Waals surface area contributed by atoms with Crippen molar-refractivity contribution in [3.8, 4) is 0 Å². The Morgan fingerprint density at radius 2 is 2.18 bits per heavy atom. The van der Waals surface area contributed by atoms with Gasteiger partial charge < -0.3 is 14.0 Å². The molecule has 0 saturated heterocycles. The second kappa shape index (κ2) is 4.55. The van der Waals surface area contributed by atoms with E-state index in [9.17, 15) is 4.79 Å². The highest BCUT2D eigenvalue weighted by molar-refractivity contribution is 5.91. The van der Waals surface area contributed by atoms with Gasteiger partial charge in [-0.3, -0.25) is 0 Å². The van der Waals surface area contributed by atoms with Crippen molar-refractivity contribution in [2.45, 2.75) is 6.61 Å². The molecule has 2 aromatic heterocycles. The lowest BCUT2D eigenvalue weighted by molar-refractivity contribution is 0.0594. The summed E-state index contributed by atoms with van der Waals surface area (Å²) in [5.41, 5.74) is 2.11. The Kier molecular flexibility index (Phi) is 3.10. The minimum Gasteiger partial charge on any atom is -0.464 e. The number of carbonyl (C=O) groups is 1. The second-order valence-electron chi connectivity index (χ2n) is 3.76. The van der Waals surface area contributed by atoms with E-state index in [1.165, 1.54) is 7.11 Å². The summed E-state index contributed by atoms with van der Waals surface area (Å²) < 4.78 is 11.6. The number of rotatable bonds is 3. The molecule has 0 aliphatic heterocycles. The molecule has 0 fully saturated rings. The Labute approximate surface area is 99.0 Å². The SMILES string of the molecule is COCc1cn(C)c2nc(C(=O)OC)ccc12. The van der Waals surface area contributed by atoms with Crippen molar-refractivity contribution in [3.63, 3.8) is 0 Å². The molecule has 0 atom stereocenters. The Hall–Kier alpha value is -1.88. The van der Waals surface area contributed by atoms with E-state index in [0.29, 0.717) is 12.3 Å². The topological polar surface area (TPSA) is 53.4 Å². The van der Waals surface area contributed by atoms with Crippen LogP contribution in [0.25, 0.3) is 11.0 Å². The number of methoxy groups -OCH3 is 2. The zero-order valence-electron chi connectivity index (χ0n) is 10.1. The first kappa shape index (κ1) is 11.6. The Morgan fingerprint density at radius 3 is 2.82 bits per heavy atom. The average molecular weight is 234 g/mol. The molecule has 0 spiro atoms. The highest BCUT2D eigenvalue weighted by Gasteiger charge is 2.12. The number of nitrogens with zero attached hydrogens (tertiary/aromatic N) is 2. The molecule has 0 aromatic carbocycles. The van der Waals surface area contributed by atoms with E-state index in [1.54, 1.807) is 13.2 Å². The summed E-state index contributed by atoms with van der Waals surface area (Å²) >= 11 is 0. The molecule has 0 amide bonds. The molecule has 0 aliphatic rings. The normalized spacial score (nSPS) is 10.8. The van der Waals surface area contributed by atoms with Crippen molar-refractivity contribution in [1.82, 2.24) is 9.55 Å². The maximum absolute atomic E-state index is 11.4. The van der Waals surface area contributed by atoms with Crippen molar-refractivity contribution in [2.75, 3.05) is 14.2 Å². The van der Waals surface area contributed by atoms with Crippen LogP contribution in [-0.4, -0.2) is 29.7 Å². The summed E-state index contributed by atoms with van der Waals surface area (Å²) in [5, 5.41) is 0.988. The van der Waals surface area contributed by atoms with Crippen LogP contribution in [0, 0.1) is 0 Å². The zero-order chi connectivity index (χ0) is 12.4. The molecule has 0 aliphatic carbocycles. The van der Waals surface area contributed by atoms with Crippen LogP contribution < -0.4 is 0 Å². The van der Waals surface area contributed by atoms with Crippen LogP contribution in [0.4, 0.5) is 0 Å². The number of carbonyl (C=O) groups excluding carboxylic acids is 1. The quantitative estimate of drug-likeness (QED) is 0.755. The fraction of sp³-hybridized carbons (Fsp3) is 0.333. The lowest BCUT2D eigenvalue weighted by Crippen LogP contribution is -2.04. The molecule has 2 heterocycles. The maximum Gasteiger partial charge on any atom is 0.356 e. The summed E-state index contributed by atoms with van der Waals surface area (Å²) in [5.74, 6) is -0.429. The fourth-order valence-electron chi connectivity index (χ4n) is 1.82. The van der Waals surface area contributed by atoms with E-state index >= 15 is 0 Å². The van der Waals surface area contributed by atoms with Crippen molar-refractivity contribution in [3.05, 3.63) is 29.6 Å². The van der Waals surface area contributed by atoms with Gasteiger partial charge in [-0.05, 0) is 12.1 Å². The third-order valence-corrected chi connectivity index (χ3v) is 2.60. The maximum atomic E-state index is 11.4. The summed E-state index contributed by atoms with van der Waals surface area (Å²) in [7, 11) is 4.88. The lowest BCUT2D eigenvalue weighted by atomic mass is 10.2. The van der Waals surface area contributed by atoms with Crippen LogP contribution >= 0.6 is 0 Å². The van der Waals surface area contributed by atoms with E-state index in [4.69, 9.17) is 4.74 Å². The monoisotopic (exact) mass is 234 g/mol. The van der Waals surface area contributed by atoms with Crippen LogP contribution in [0.3, 0.4) is 0 Å². The second-order valence-corrected chi connectivity index (χ2v) is 3.76. The first-order valence-corrected chi connectivity index (χ1v) is 5.19. The predicted molar refractivity (Wildman–Crippen MR) is 62.8 cm³/mol. The largest absolute Gasteiger partial charge is 0.464 e. The molecule has 0 N–H and O–H groups in total. The van der Waals surface area contributed by atoms with Gasteiger partial charge in [-0.2, -0.15) is 0 Å². The molecule has 2 aromatic rings. The first-order chi connectivity index (χ1) is 8.17. The minimum atomic E-state index is -0.429. The molecule has 0 unspecified atom stereocenters. The van der Waals surface area contributed by atoms with Gasteiger partial charge in [-0.1, -0.05) is 0 Å². The van der Waals surface area contributed by atoms with Crippen molar-refractivity contribution in [2.24, 2.45) is 7.05 Å². The van der Waals surface area contributed by atoms with Gasteiger partial charge in [0, 0.05) is 31.3 Å². The number of aromatic nitrogens is 2. The molecule has 5 heteroatoms. The van der Waals surface area contributed by atoms with Crippen LogP contribution in [0.1, 0.15) is 16.1 Å². The van der Waals surface area contributed by atoms with Gasteiger partial charge in [-0.25, -0.2) is 9.78 Å². The first-order valence-electron chi connectivity index (χ1n) is 5.19. The molecule has 0 radical (unpaired) electrons. The molecule has 5 nitrogen and oxygen atoms in total. The fourth-order valence-corrected chi connectivity index (χ4v) is 1.82. The number of hydrogen-bond donors (Lipinski definition) is 0. The van der Waals surface area contributed by atoms with Crippen molar-refractivity contribution >= 4 is 17.0 Å². The number of pyridine rings is 1. The summed E-state index contributed by atoms with van der Waals surface area (Å²) in [6, 6.07) is 3.52. The van der Waals surface area contributed by atoms with E-state index in [1.807, 2.05) is 23.9 Å². The van der Waals surface area contributed by atoms with Crippen LogP contribution in [0.5, 0.6) is 0 Å². The molecular formula is C12H14N2O3. The number of aryl methyl sites for hydroxylation is 1. The predicted octanol–water partition coefficient (Wildman–Crippen LogP) is 1.51. The van der Waals surface area contributed by atoms with Gasteiger partial charge >= 0.3 is 5.97 Å². The molecule has 2 rings (SSSR count). The van der Waals surface area contributed by atoms with Gasteiger partial charge in [0.2, 0.25) is 0 Å². The number of hydrogen-bond acceptors (Lipinski definition) is 4. The standard InChI is InChI=1S/C12H14N2O3/c1-14-6-8(7-16-2)9-4-5-10(12(15)17-3)13-11(9)14/h4-6H,7H2,1-3H3. The Morgan fingerprint density at radius 1 is 1.41 bits per heavy atom. The highest BCUT2D eigenvalue weighted by atomic mass is 16.5. The number of ether oxygens (including phenoxy) is 2. The van der Waals surface area contributed by atoms with Crippen LogP contribution in [0.15, 0.2) is 18.3 Å². The van der Waals surface area contributed by atoms with Gasteiger partial charge in [0.1, 0.15) is 5.65 Å². The molecule has 17 heavy (non-hydrogen) atoms. The molecule has 0 bridgehead atoms. The smallest absolute Gasteiger partial charge is 0.356 e. The zero-order valence-corrected chi connectivity index (χ0v) is 10.1. The van der Waals surface area contributed by atoms with Crippen LogP contribution in [0.2, 0.25) is 0 Å². The van der Waals surface area contributed by atoms with Gasteiger partial charge in [-0.15, -0.1) is 0 Å². The number of fused-ring (bicyclic) bond motifs is 1. The lowest BCUT2D eigenvalue weighted by Gasteiger charge is -2.00. The third-order valence-electron chi connectivity index (χ3n) is 2.60. The third kappa shape index (κ3) is 2.01. The summed E-state index contributed by atoms with van der Waals surface area (Å²) in [6.45, 7) is 0.524. The Bertz CT molecular complexity index is 560. The molecule has 0 saturated carbocycles. The van der Waals surface area contributed by atoms with Crippen molar-refractivity contribution < 1.29 is 14.3 Å². The average Bonchev–Trinajstić information content (AvgIpc) is 2.65. The summed E-state index contributed by atoms with van der Waals surface area (Å²) in [6.07, 6.45) is 1.95. The van der Waals surface area contributed by atoms with E-state index in [-0.39, 0.29) is 0 Å². The summed E-state index contributed by atoms with van der Waals surface area (Å²) in [4.78, 5) is 15.7. The molecular weight excluding hydrogens is 220 g/mol. The van der Waals surface area contributed by atoms with E-state index < -0.39 is 5.97 Å². The van der Waals surface area contributed by atoms with Gasteiger partial charge in [0.25, 0.3) is 0 Å². The van der Waals surface area contributed by atoms with Gasteiger partial charge in [0.05, 0.1) is 13.7 Å².